The van der Waals surface area contributed by atoms with Crippen LogP contribution in [0.25, 0.3) is 22.3 Å². The monoisotopic (exact) mass is 344 g/mol. The topological polar surface area (TPSA) is 72.9 Å². The Hall–Kier alpha value is -3.41. The molecule has 0 amide bonds. The Labute approximate surface area is 151 Å². The van der Waals surface area contributed by atoms with E-state index in [-0.39, 0.29) is 0 Å². The van der Waals surface area contributed by atoms with E-state index in [1.54, 1.807) is 4.68 Å². The molecule has 0 saturated carbocycles. The van der Waals surface area contributed by atoms with E-state index in [1.807, 2.05) is 67.5 Å². The van der Waals surface area contributed by atoms with Gasteiger partial charge in [0.1, 0.15) is 5.82 Å². The Balaban J connectivity index is 1.84. The van der Waals surface area contributed by atoms with Crippen LogP contribution in [0.4, 0.5) is 11.8 Å². The van der Waals surface area contributed by atoms with Gasteiger partial charge >= 0.3 is 0 Å². The minimum atomic E-state index is 0.566. The molecule has 0 fully saturated rings. The van der Waals surface area contributed by atoms with Crippen molar-refractivity contribution in [2.75, 3.05) is 17.7 Å². The molecule has 0 saturated heterocycles. The first-order valence-electron chi connectivity index (χ1n) is 8.44. The summed E-state index contributed by atoms with van der Waals surface area (Å²) in [5, 5.41) is 5.25. The standard InChI is InChI=1S/C20H20N6/c1-25(13-14-9-5-3-6-10-14)20-22-17(15-11-7-4-8-12-15)16-18(21)26(2)24-19(16)23-20/h3-12H,13,21H2,1-2H3. The number of fused-ring (bicyclic) bond motifs is 1. The van der Waals surface area contributed by atoms with Gasteiger partial charge in [-0.1, -0.05) is 60.7 Å². The lowest BCUT2D eigenvalue weighted by Gasteiger charge is -2.18. The summed E-state index contributed by atoms with van der Waals surface area (Å²) in [6, 6.07) is 20.3. The maximum Gasteiger partial charge on any atom is 0.228 e. The van der Waals surface area contributed by atoms with E-state index in [0.29, 0.717) is 24.0 Å². The van der Waals surface area contributed by atoms with Crippen molar-refractivity contribution in [3.05, 3.63) is 66.2 Å². The van der Waals surface area contributed by atoms with Crippen LogP contribution in [0.1, 0.15) is 5.56 Å². The Morgan fingerprint density at radius 3 is 2.31 bits per heavy atom. The van der Waals surface area contributed by atoms with E-state index in [9.17, 15) is 0 Å². The first kappa shape index (κ1) is 16.1. The lowest BCUT2D eigenvalue weighted by molar-refractivity contribution is 0.785. The van der Waals surface area contributed by atoms with Crippen molar-refractivity contribution in [3.63, 3.8) is 0 Å². The maximum atomic E-state index is 6.23. The molecule has 0 atom stereocenters. The van der Waals surface area contributed by atoms with Crippen LogP contribution in [0.3, 0.4) is 0 Å². The van der Waals surface area contributed by atoms with Crippen LogP contribution in [0.5, 0.6) is 0 Å². The van der Waals surface area contributed by atoms with E-state index < -0.39 is 0 Å². The van der Waals surface area contributed by atoms with E-state index in [2.05, 4.69) is 22.2 Å². The van der Waals surface area contributed by atoms with Crippen molar-refractivity contribution in [1.29, 1.82) is 0 Å². The highest BCUT2D eigenvalue weighted by Crippen LogP contribution is 2.31. The summed E-state index contributed by atoms with van der Waals surface area (Å²) in [6.07, 6.45) is 0. The van der Waals surface area contributed by atoms with Gasteiger partial charge < -0.3 is 10.6 Å². The fourth-order valence-electron chi connectivity index (χ4n) is 3.01. The van der Waals surface area contributed by atoms with Gasteiger partial charge in [-0.05, 0) is 5.56 Å². The molecule has 2 N–H and O–H groups in total. The molecule has 0 radical (unpaired) electrons. The highest BCUT2D eigenvalue weighted by Gasteiger charge is 2.18. The molecule has 6 nitrogen and oxygen atoms in total. The number of hydrogen-bond acceptors (Lipinski definition) is 5. The number of aryl methyl sites for hydroxylation is 1. The van der Waals surface area contributed by atoms with Crippen molar-refractivity contribution >= 4 is 22.8 Å². The van der Waals surface area contributed by atoms with Crippen molar-refractivity contribution in [2.24, 2.45) is 7.05 Å². The number of rotatable bonds is 4. The van der Waals surface area contributed by atoms with Crippen molar-refractivity contribution in [2.45, 2.75) is 6.54 Å². The summed E-state index contributed by atoms with van der Waals surface area (Å²) in [5.74, 6) is 1.19. The average Bonchev–Trinajstić information content (AvgIpc) is 2.96. The smallest absolute Gasteiger partial charge is 0.228 e. The predicted octanol–water partition coefficient (Wildman–Crippen LogP) is 3.25. The third-order valence-electron chi connectivity index (χ3n) is 4.38. The third kappa shape index (κ3) is 2.86. The number of nitrogen functional groups attached to an aromatic ring is 1. The van der Waals surface area contributed by atoms with Gasteiger partial charge in [-0.15, -0.1) is 0 Å². The Morgan fingerprint density at radius 2 is 1.62 bits per heavy atom. The first-order valence-corrected chi connectivity index (χ1v) is 8.44. The molecule has 130 valence electrons. The molecule has 0 aliphatic carbocycles. The molecule has 0 bridgehead atoms. The molecule has 2 heterocycles. The number of hydrogen-bond donors (Lipinski definition) is 1. The zero-order valence-corrected chi connectivity index (χ0v) is 14.8. The second kappa shape index (κ2) is 6.48. The molecule has 0 spiro atoms. The number of aromatic nitrogens is 4. The molecule has 4 aromatic rings. The quantitative estimate of drug-likeness (QED) is 0.615. The molecule has 0 unspecified atom stereocenters. The van der Waals surface area contributed by atoms with Crippen LogP contribution < -0.4 is 10.6 Å². The second-order valence-electron chi connectivity index (χ2n) is 6.29. The number of nitrogens with zero attached hydrogens (tertiary/aromatic N) is 5. The predicted molar refractivity (Wildman–Crippen MR) is 105 cm³/mol. The zero-order chi connectivity index (χ0) is 18.1. The lowest BCUT2D eigenvalue weighted by atomic mass is 10.1. The van der Waals surface area contributed by atoms with E-state index in [0.717, 1.165) is 16.6 Å². The normalized spacial score (nSPS) is 11.0. The Bertz CT molecular complexity index is 1040. The SMILES string of the molecule is CN(Cc1ccccc1)c1nc(-c2ccccc2)c2c(N)n(C)nc2n1. The summed E-state index contributed by atoms with van der Waals surface area (Å²) < 4.78 is 1.65. The summed E-state index contributed by atoms with van der Waals surface area (Å²) in [7, 11) is 3.80. The van der Waals surface area contributed by atoms with Gasteiger partial charge in [0.2, 0.25) is 5.95 Å². The summed E-state index contributed by atoms with van der Waals surface area (Å²) in [6.45, 7) is 0.711. The molecule has 2 aromatic carbocycles. The van der Waals surface area contributed by atoms with Crippen LogP contribution in [0, 0.1) is 0 Å². The molecule has 4 rings (SSSR count). The number of anilines is 2. The maximum absolute atomic E-state index is 6.23. The van der Waals surface area contributed by atoms with Gasteiger partial charge in [0.25, 0.3) is 0 Å². The number of benzene rings is 2. The van der Waals surface area contributed by atoms with Crippen molar-refractivity contribution in [3.8, 4) is 11.3 Å². The number of nitrogens with two attached hydrogens (primary N) is 1. The minimum Gasteiger partial charge on any atom is -0.383 e. The molecule has 0 aliphatic heterocycles. The highest BCUT2D eigenvalue weighted by molar-refractivity contribution is 5.98. The van der Waals surface area contributed by atoms with Gasteiger partial charge in [0.15, 0.2) is 5.65 Å². The van der Waals surface area contributed by atoms with Crippen LogP contribution in [0.2, 0.25) is 0 Å². The highest BCUT2D eigenvalue weighted by atomic mass is 15.3. The molecule has 2 aromatic heterocycles. The van der Waals surface area contributed by atoms with Gasteiger partial charge in [-0.25, -0.2) is 4.98 Å². The van der Waals surface area contributed by atoms with Gasteiger partial charge in [0, 0.05) is 26.2 Å². The molecule has 6 heteroatoms. The Kier molecular flexibility index (Phi) is 4.01. The van der Waals surface area contributed by atoms with Crippen LogP contribution in [-0.4, -0.2) is 26.8 Å². The van der Waals surface area contributed by atoms with Crippen molar-refractivity contribution < 1.29 is 0 Å². The fraction of sp³-hybridized carbons (Fsp3) is 0.150. The van der Waals surface area contributed by atoms with Crippen molar-refractivity contribution in [1.82, 2.24) is 19.7 Å². The summed E-state index contributed by atoms with van der Waals surface area (Å²) >= 11 is 0. The van der Waals surface area contributed by atoms with Crippen LogP contribution in [-0.2, 0) is 13.6 Å². The molecule has 0 aliphatic rings. The lowest BCUT2D eigenvalue weighted by Crippen LogP contribution is -2.19. The molecular weight excluding hydrogens is 324 g/mol. The summed E-state index contributed by atoms with van der Waals surface area (Å²) in [4.78, 5) is 11.5. The minimum absolute atomic E-state index is 0.566. The Morgan fingerprint density at radius 1 is 0.962 bits per heavy atom. The van der Waals surface area contributed by atoms with E-state index in [4.69, 9.17) is 10.7 Å². The van der Waals surface area contributed by atoms with Crippen LogP contribution in [0.15, 0.2) is 60.7 Å². The van der Waals surface area contributed by atoms with E-state index >= 15 is 0 Å². The van der Waals surface area contributed by atoms with Crippen LogP contribution >= 0.6 is 0 Å². The molecular formula is C20H20N6. The van der Waals surface area contributed by atoms with Gasteiger partial charge in [-0.3, -0.25) is 4.68 Å². The largest absolute Gasteiger partial charge is 0.383 e. The van der Waals surface area contributed by atoms with E-state index in [1.165, 1.54) is 5.56 Å². The zero-order valence-electron chi connectivity index (χ0n) is 14.8. The first-order chi connectivity index (χ1) is 12.6. The second-order valence-corrected chi connectivity index (χ2v) is 6.29. The molecule has 26 heavy (non-hydrogen) atoms. The third-order valence-corrected chi connectivity index (χ3v) is 4.38. The fourth-order valence-corrected chi connectivity index (χ4v) is 3.01. The summed E-state index contributed by atoms with van der Waals surface area (Å²) in [5.41, 5.74) is 9.83. The van der Waals surface area contributed by atoms with Gasteiger partial charge in [-0.2, -0.15) is 10.1 Å². The average molecular weight is 344 g/mol. The van der Waals surface area contributed by atoms with Gasteiger partial charge in [0.05, 0.1) is 11.1 Å².